The number of ketones is 1. The highest BCUT2D eigenvalue weighted by Crippen LogP contribution is 2.41. The Hall–Kier alpha value is -1.13. The van der Waals surface area contributed by atoms with E-state index in [2.05, 4.69) is 0 Å². The molecular formula is C19H30O8. The zero-order valence-electron chi connectivity index (χ0n) is 15.9. The highest BCUT2D eigenvalue weighted by Gasteiger charge is 2.44. The lowest BCUT2D eigenvalue weighted by molar-refractivity contribution is -0.299. The zero-order chi connectivity index (χ0) is 20.4. The summed E-state index contributed by atoms with van der Waals surface area (Å²) in [5.74, 6) is -0.219. The van der Waals surface area contributed by atoms with Crippen molar-refractivity contribution in [3.05, 3.63) is 23.8 Å². The van der Waals surface area contributed by atoms with Crippen LogP contribution < -0.4 is 0 Å². The summed E-state index contributed by atoms with van der Waals surface area (Å²) in [6, 6.07) is 0. The Bertz CT molecular complexity index is 580. The molecule has 2 rings (SSSR count). The van der Waals surface area contributed by atoms with E-state index in [1.54, 1.807) is 13.0 Å². The van der Waals surface area contributed by atoms with E-state index >= 15 is 0 Å². The fourth-order valence-electron chi connectivity index (χ4n) is 3.58. The van der Waals surface area contributed by atoms with Crippen LogP contribution in [0.1, 0.15) is 27.2 Å². The van der Waals surface area contributed by atoms with Crippen LogP contribution in [0.2, 0.25) is 0 Å². The molecule has 8 nitrogen and oxygen atoms in total. The summed E-state index contributed by atoms with van der Waals surface area (Å²) in [7, 11) is 0. The van der Waals surface area contributed by atoms with Crippen molar-refractivity contribution in [1.82, 2.24) is 0 Å². The van der Waals surface area contributed by atoms with Gasteiger partial charge in [0.25, 0.3) is 0 Å². The predicted octanol–water partition coefficient (Wildman–Crippen LogP) is -0.719. The Morgan fingerprint density at radius 3 is 2.56 bits per heavy atom. The summed E-state index contributed by atoms with van der Waals surface area (Å²) in [6.45, 7) is 4.93. The lowest BCUT2D eigenvalue weighted by atomic mass is 9.68. The van der Waals surface area contributed by atoms with Crippen LogP contribution in [0.5, 0.6) is 0 Å². The quantitative estimate of drug-likeness (QED) is 0.377. The number of carbonyl (C=O) groups excluding carboxylic acids is 1. The average Bonchev–Trinajstić information content (AvgIpc) is 2.57. The minimum Gasteiger partial charge on any atom is -0.394 e. The molecule has 0 spiro atoms. The molecule has 1 aliphatic carbocycles. The van der Waals surface area contributed by atoms with Crippen LogP contribution in [0.3, 0.4) is 0 Å². The van der Waals surface area contributed by atoms with Gasteiger partial charge in [-0.3, -0.25) is 4.79 Å². The lowest BCUT2D eigenvalue weighted by Gasteiger charge is -2.41. The highest BCUT2D eigenvalue weighted by atomic mass is 16.7. The summed E-state index contributed by atoms with van der Waals surface area (Å²) >= 11 is 0. The standard InChI is InChI=1S/C19H30O8/c1-10(21)4-5-13-11(6-12(22)7-19(13,2)3)9-26-18-17(25)16(24)15(23)14(8-20)27-18/h4-6,10,13-18,20-21,23-25H,7-9H2,1-3H3/b5-4+/t10-,13-,14+,15-,16-,17+,18+/m0/s1. The smallest absolute Gasteiger partial charge is 0.187 e. The van der Waals surface area contributed by atoms with E-state index in [1.807, 2.05) is 19.9 Å². The molecule has 0 radical (unpaired) electrons. The number of hydrogen-bond acceptors (Lipinski definition) is 8. The molecular weight excluding hydrogens is 356 g/mol. The average molecular weight is 386 g/mol. The molecule has 0 aromatic carbocycles. The van der Waals surface area contributed by atoms with E-state index in [4.69, 9.17) is 9.47 Å². The highest BCUT2D eigenvalue weighted by molar-refractivity contribution is 5.92. The molecule has 0 unspecified atom stereocenters. The van der Waals surface area contributed by atoms with Gasteiger partial charge in [0.15, 0.2) is 12.1 Å². The van der Waals surface area contributed by atoms with Crippen molar-refractivity contribution in [2.45, 2.75) is 64.0 Å². The monoisotopic (exact) mass is 386 g/mol. The molecule has 154 valence electrons. The fourth-order valence-corrected chi connectivity index (χ4v) is 3.58. The first-order valence-electron chi connectivity index (χ1n) is 9.08. The number of allylic oxidation sites excluding steroid dienone is 2. The summed E-state index contributed by atoms with van der Waals surface area (Å²) in [5.41, 5.74) is 0.274. The van der Waals surface area contributed by atoms with Gasteiger partial charge in [-0.25, -0.2) is 0 Å². The van der Waals surface area contributed by atoms with Crippen LogP contribution in [0.25, 0.3) is 0 Å². The van der Waals surface area contributed by atoms with Crippen molar-refractivity contribution < 1.29 is 39.8 Å². The number of carbonyl (C=O) groups is 1. The van der Waals surface area contributed by atoms with Crippen molar-refractivity contribution in [3.63, 3.8) is 0 Å². The van der Waals surface area contributed by atoms with Crippen LogP contribution in [-0.2, 0) is 14.3 Å². The van der Waals surface area contributed by atoms with Gasteiger partial charge in [0.1, 0.15) is 24.4 Å². The molecule has 5 N–H and O–H groups in total. The number of ether oxygens (including phenoxy) is 2. The van der Waals surface area contributed by atoms with E-state index in [1.165, 1.54) is 6.08 Å². The lowest BCUT2D eigenvalue weighted by Crippen LogP contribution is -2.59. The first-order valence-corrected chi connectivity index (χ1v) is 9.08. The molecule has 0 aromatic rings. The third kappa shape index (κ3) is 5.23. The summed E-state index contributed by atoms with van der Waals surface area (Å²) in [6.07, 6.45) is -2.11. The number of aliphatic hydroxyl groups excluding tert-OH is 5. The topological polar surface area (TPSA) is 137 Å². The van der Waals surface area contributed by atoms with Gasteiger partial charge in [-0.15, -0.1) is 0 Å². The summed E-state index contributed by atoms with van der Waals surface area (Å²) in [4.78, 5) is 12.1. The van der Waals surface area contributed by atoms with E-state index in [0.29, 0.717) is 12.0 Å². The van der Waals surface area contributed by atoms with E-state index in [0.717, 1.165) is 0 Å². The van der Waals surface area contributed by atoms with Gasteiger partial charge >= 0.3 is 0 Å². The number of aliphatic hydroxyl groups is 5. The molecule has 2 aliphatic rings. The van der Waals surface area contributed by atoms with Crippen LogP contribution in [0.4, 0.5) is 0 Å². The van der Waals surface area contributed by atoms with Crippen molar-refractivity contribution in [2.75, 3.05) is 13.2 Å². The van der Waals surface area contributed by atoms with Crippen LogP contribution in [0, 0.1) is 11.3 Å². The van der Waals surface area contributed by atoms with Gasteiger partial charge in [-0.2, -0.15) is 0 Å². The molecule has 0 aromatic heterocycles. The first kappa shape index (κ1) is 22.2. The Morgan fingerprint density at radius 2 is 1.96 bits per heavy atom. The normalized spacial score (nSPS) is 38.1. The fraction of sp³-hybridized carbons (Fsp3) is 0.737. The van der Waals surface area contributed by atoms with E-state index in [-0.39, 0.29) is 23.7 Å². The minimum absolute atomic E-state index is 0.0471. The van der Waals surface area contributed by atoms with Gasteiger partial charge < -0.3 is 35.0 Å². The SMILES string of the molecule is C[C@H](O)/C=C/[C@H]1C(CO[C@@H]2O[C@H](CO)[C@H](O)[C@H](O)[C@H]2O)=CC(=O)CC1(C)C. The van der Waals surface area contributed by atoms with E-state index in [9.17, 15) is 30.3 Å². The third-order valence-electron chi connectivity index (χ3n) is 5.06. The maximum Gasteiger partial charge on any atom is 0.187 e. The van der Waals surface area contributed by atoms with Gasteiger partial charge in [0.2, 0.25) is 0 Å². The Balaban J connectivity index is 2.14. The van der Waals surface area contributed by atoms with Gasteiger partial charge in [0.05, 0.1) is 19.3 Å². The number of hydrogen-bond donors (Lipinski definition) is 5. The van der Waals surface area contributed by atoms with Gasteiger partial charge in [-0.1, -0.05) is 26.0 Å². The van der Waals surface area contributed by atoms with Crippen LogP contribution in [0.15, 0.2) is 23.8 Å². The van der Waals surface area contributed by atoms with Crippen molar-refractivity contribution in [2.24, 2.45) is 11.3 Å². The second-order valence-electron chi connectivity index (χ2n) is 7.96. The van der Waals surface area contributed by atoms with Crippen molar-refractivity contribution in [3.8, 4) is 0 Å². The summed E-state index contributed by atoms with van der Waals surface area (Å²) < 4.78 is 10.9. The molecule has 7 atom stereocenters. The van der Waals surface area contributed by atoms with Gasteiger partial charge in [-0.05, 0) is 24.0 Å². The second-order valence-corrected chi connectivity index (χ2v) is 7.96. The van der Waals surface area contributed by atoms with E-state index < -0.39 is 43.4 Å². The second kappa shape index (κ2) is 8.91. The maximum absolute atomic E-state index is 12.1. The molecule has 1 aliphatic heterocycles. The molecule has 27 heavy (non-hydrogen) atoms. The molecule has 0 bridgehead atoms. The molecule has 0 amide bonds. The molecule has 1 heterocycles. The minimum atomic E-state index is -1.52. The maximum atomic E-state index is 12.1. The van der Waals surface area contributed by atoms with Gasteiger partial charge in [0, 0.05) is 12.3 Å². The molecule has 1 saturated heterocycles. The Kier molecular flexibility index (Phi) is 7.32. The first-order chi connectivity index (χ1) is 12.6. The van der Waals surface area contributed by atoms with Crippen molar-refractivity contribution in [1.29, 1.82) is 0 Å². The molecule has 0 saturated carbocycles. The van der Waals surface area contributed by atoms with Crippen molar-refractivity contribution >= 4 is 5.78 Å². The third-order valence-corrected chi connectivity index (χ3v) is 5.06. The van der Waals surface area contributed by atoms with Crippen LogP contribution in [-0.4, -0.2) is 81.3 Å². The Labute approximate surface area is 158 Å². The summed E-state index contributed by atoms with van der Waals surface area (Å²) in [5, 5.41) is 48.5. The number of rotatable bonds is 6. The van der Waals surface area contributed by atoms with Crippen LogP contribution >= 0.6 is 0 Å². The largest absolute Gasteiger partial charge is 0.394 e. The predicted molar refractivity (Wildman–Crippen MR) is 95.5 cm³/mol. The molecule has 1 fully saturated rings. The Morgan fingerprint density at radius 1 is 1.30 bits per heavy atom. The molecule has 8 heteroatoms. The zero-order valence-corrected chi connectivity index (χ0v) is 15.9.